The second kappa shape index (κ2) is 4.50. The maximum atomic E-state index is 11.6. The standard InChI is InChI=1S/C10H7ClN2O4/c11-7-3-6(4-12-5-7)10(16)17-13-8(14)1-2-9(13)15/h3-5H,1-2H2. The first-order valence-electron chi connectivity index (χ1n) is 4.76. The lowest BCUT2D eigenvalue weighted by Crippen LogP contribution is -2.32. The van der Waals surface area contributed by atoms with Gasteiger partial charge in [0.1, 0.15) is 0 Å². The van der Waals surface area contributed by atoms with Crippen LogP contribution in [0.3, 0.4) is 0 Å². The van der Waals surface area contributed by atoms with Gasteiger partial charge in [0.25, 0.3) is 11.8 Å². The molecule has 7 heteroatoms. The van der Waals surface area contributed by atoms with Gasteiger partial charge in [0.2, 0.25) is 0 Å². The quantitative estimate of drug-likeness (QED) is 0.735. The van der Waals surface area contributed by atoms with Gasteiger partial charge in [-0.3, -0.25) is 14.6 Å². The largest absolute Gasteiger partial charge is 0.365 e. The van der Waals surface area contributed by atoms with Crippen molar-refractivity contribution in [2.45, 2.75) is 12.8 Å². The number of pyridine rings is 1. The van der Waals surface area contributed by atoms with Crippen molar-refractivity contribution in [3.8, 4) is 0 Å². The number of hydrogen-bond acceptors (Lipinski definition) is 5. The van der Waals surface area contributed by atoms with Crippen LogP contribution in [-0.4, -0.2) is 27.8 Å². The lowest BCUT2D eigenvalue weighted by Gasteiger charge is -2.12. The number of amides is 2. The van der Waals surface area contributed by atoms with Gasteiger partial charge in [-0.15, -0.1) is 5.06 Å². The zero-order valence-electron chi connectivity index (χ0n) is 8.55. The van der Waals surface area contributed by atoms with Crippen LogP contribution in [0.2, 0.25) is 5.02 Å². The third-order valence-electron chi connectivity index (χ3n) is 2.12. The van der Waals surface area contributed by atoms with E-state index < -0.39 is 17.8 Å². The molecule has 2 rings (SSSR count). The Bertz CT molecular complexity index is 487. The molecule has 1 fully saturated rings. The van der Waals surface area contributed by atoms with Crippen LogP contribution in [0.15, 0.2) is 18.5 Å². The van der Waals surface area contributed by atoms with Crippen LogP contribution >= 0.6 is 11.6 Å². The Hall–Kier alpha value is -1.95. The Morgan fingerprint density at radius 2 is 1.94 bits per heavy atom. The highest BCUT2D eigenvalue weighted by Crippen LogP contribution is 2.15. The van der Waals surface area contributed by atoms with Crippen molar-refractivity contribution in [1.82, 2.24) is 10.0 Å². The van der Waals surface area contributed by atoms with Crippen LogP contribution in [0.4, 0.5) is 0 Å². The Balaban J connectivity index is 2.12. The molecule has 1 saturated heterocycles. The van der Waals surface area contributed by atoms with E-state index in [1.54, 1.807) is 0 Å². The topological polar surface area (TPSA) is 76.6 Å². The number of nitrogens with zero attached hydrogens (tertiary/aromatic N) is 2. The Morgan fingerprint density at radius 1 is 1.29 bits per heavy atom. The normalized spacial score (nSPS) is 15.2. The molecule has 2 heterocycles. The lowest BCUT2D eigenvalue weighted by molar-refractivity contribution is -0.172. The molecule has 0 aromatic carbocycles. The van der Waals surface area contributed by atoms with Gasteiger partial charge < -0.3 is 4.84 Å². The zero-order valence-corrected chi connectivity index (χ0v) is 9.31. The molecule has 17 heavy (non-hydrogen) atoms. The number of carbonyl (C=O) groups is 3. The van der Waals surface area contributed by atoms with Gasteiger partial charge in [-0.2, -0.15) is 0 Å². The van der Waals surface area contributed by atoms with Crippen molar-refractivity contribution in [3.05, 3.63) is 29.0 Å². The van der Waals surface area contributed by atoms with Gasteiger partial charge in [0, 0.05) is 25.2 Å². The fraction of sp³-hybridized carbons (Fsp3) is 0.200. The third kappa shape index (κ3) is 2.42. The molecule has 0 unspecified atom stereocenters. The van der Waals surface area contributed by atoms with Crippen LogP contribution in [0, 0.1) is 0 Å². The van der Waals surface area contributed by atoms with E-state index in [-0.39, 0.29) is 23.4 Å². The molecular weight excluding hydrogens is 248 g/mol. The predicted octanol–water partition coefficient (Wildman–Crippen LogP) is 0.956. The Morgan fingerprint density at radius 3 is 2.53 bits per heavy atom. The molecule has 0 aliphatic carbocycles. The van der Waals surface area contributed by atoms with Crippen molar-refractivity contribution >= 4 is 29.4 Å². The predicted molar refractivity (Wildman–Crippen MR) is 55.7 cm³/mol. The zero-order chi connectivity index (χ0) is 12.4. The molecule has 0 spiro atoms. The van der Waals surface area contributed by atoms with E-state index in [1.165, 1.54) is 18.5 Å². The maximum absolute atomic E-state index is 11.6. The number of aromatic nitrogens is 1. The van der Waals surface area contributed by atoms with Crippen LogP contribution in [0.1, 0.15) is 23.2 Å². The van der Waals surface area contributed by atoms with Crippen molar-refractivity contribution in [3.63, 3.8) is 0 Å². The van der Waals surface area contributed by atoms with Crippen molar-refractivity contribution in [2.24, 2.45) is 0 Å². The summed E-state index contributed by atoms with van der Waals surface area (Å²) in [5.74, 6) is -1.90. The molecule has 1 aromatic heterocycles. The third-order valence-corrected chi connectivity index (χ3v) is 2.33. The smallest absolute Gasteiger partial charge is 0.325 e. The van der Waals surface area contributed by atoms with Crippen LogP contribution in [0.5, 0.6) is 0 Å². The first-order chi connectivity index (χ1) is 8.08. The molecule has 1 aromatic rings. The molecule has 88 valence electrons. The average Bonchev–Trinajstić information content (AvgIpc) is 2.61. The fourth-order valence-corrected chi connectivity index (χ4v) is 1.49. The molecule has 0 bridgehead atoms. The average molecular weight is 255 g/mol. The van der Waals surface area contributed by atoms with E-state index in [1.807, 2.05) is 0 Å². The monoisotopic (exact) mass is 254 g/mol. The summed E-state index contributed by atoms with van der Waals surface area (Å²) in [6.07, 6.45) is 2.70. The van der Waals surface area contributed by atoms with Crippen LogP contribution in [0.25, 0.3) is 0 Å². The van der Waals surface area contributed by atoms with Crippen molar-refractivity contribution in [2.75, 3.05) is 0 Å². The van der Waals surface area contributed by atoms with E-state index in [2.05, 4.69) is 9.82 Å². The summed E-state index contributed by atoms with van der Waals surface area (Å²) in [6.45, 7) is 0. The van der Waals surface area contributed by atoms with Gasteiger partial charge in [0.15, 0.2) is 0 Å². The van der Waals surface area contributed by atoms with Gasteiger partial charge in [0.05, 0.1) is 10.6 Å². The highest BCUT2D eigenvalue weighted by atomic mass is 35.5. The highest BCUT2D eigenvalue weighted by Gasteiger charge is 2.33. The summed E-state index contributed by atoms with van der Waals surface area (Å²) in [4.78, 5) is 42.4. The van der Waals surface area contributed by atoms with E-state index in [9.17, 15) is 14.4 Å². The van der Waals surface area contributed by atoms with E-state index in [0.29, 0.717) is 5.06 Å². The summed E-state index contributed by atoms with van der Waals surface area (Å²) in [6, 6.07) is 1.34. The fourth-order valence-electron chi connectivity index (χ4n) is 1.32. The first-order valence-corrected chi connectivity index (χ1v) is 5.14. The molecule has 0 radical (unpaired) electrons. The molecule has 6 nitrogen and oxygen atoms in total. The summed E-state index contributed by atoms with van der Waals surface area (Å²) >= 11 is 5.65. The minimum absolute atomic E-state index is 0.0555. The van der Waals surface area contributed by atoms with Gasteiger partial charge in [-0.25, -0.2) is 4.79 Å². The van der Waals surface area contributed by atoms with Gasteiger partial charge in [-0.05, 0) is 6.07 Å². The highest BCUT2D eigenvalue weighted by molar-refractivity contribution is 6.30. The summed E-state index contributed by atoms with van der Waals surface area (Å²) in [7, 11) is 0. The molecule has 0 saturated carbocycles. The maximum Gasteiger partial charge on any atom is 0.365 e. The molecule has 2 amide bonds. The molecule has 0 N–H and O–H groups in total. The number of hydrogen-bond donors (Lipinski definition) is 0. The second-order valence-corrected chi connectivity index (χ2v) is 3.79. The van der Waals surface area contributed by atoms with Crippen molar-refractivity contribution < 1.29 is 19.2 Å². The number of halogens is 1. The van der Waals surface area contributed by atoms with Crippen LogP contribution in [-0.2, 0) is 14.4 Å². The van der Waals surface area contributed by atoms with E-state index in [0.717, 1.165) is 0 Å². The Labute approximate surface area is 101 Å². The number of hydroxylamine groups is 2. The molecule has 0 atom stereocenters. The summed E-state index contributed by atoms with van der Waals surface area (Å²) in [5.41, 5.74) is 0.0741. The van der Waals surface area contributed by atoms with E-state index in [4.69, 9.17) is 11.6 Å². The van der Waals surface area contributed by atoms with Crippen molar-refractivity contribution in [1.29, 1.82) is 0 Å². The second-order valence-electron chi connectivity index (χ2n) is 3.35. The number of rotatable bonds is 2. The molecule has 1 aliphatic rings. The lowest BCUT2D eigenvalue weighted by atomic mass is 10.3. The minimum Gasteiger partial charge on any atom is -0.325 e. The number of carbonyl (C=O) groups excluding carboxylic acids is 3. The Kier molecular flexibility index (Phi) is 3.06. The molecular formula is C10H7ClN2O4. The summed E-state index contributed by atoms with van der Waals surface area (Å²) < 4.78 is 0. The SMILES string of the molecule is O=C(ON1C(=O)CCC1=O)c1cncc(Cl)c1. The first kappa shape index (κ1) is 11.5. The minimum atomic E-state index is -0.844. The number of imide groups is 1. The van der Waals surface area contributed by atoms with Gasteiger partial charge in [-0.1, -0.05) is 11.6 Å². The van der Waals surface area contributed by atoms with Crippen LogP contribution < -0.4 is 0 Å². The van der Waals surface area contributed by atoms with Gasteiger partial charge >= 0.3 is 5.97 Å². The summed E-state index contributed by atoms with van der Waals surface area (Å²) in [5, 5.41) is 0.738. The molecule has 1 aliphatic heterocycles. The van der Waals surface area contributed by atoms with E-state index >= 15 is 0 Å².